The summed E-state index contributed by atoms with van der Waals surface area (Å²) in [4.78, 5) is 28.7. The Morgan fingerprint density at radius 2 is 1.78 bits per heavy atom. The molecule has 49 heavy (non-hydrogen) atoms. The summed E-state index contributed by atoms with van der Waals surface area (Å²) in [5.41, 5.74) is 1.68. The first kappa shape index (κ1) is 35.6. The predicted molar refractivity (Wildman–Crippen MR) is 188 cm³/mol. The molecule has 0 aliphatic carbocycles. The van der Waals surface area contributed by atoms with E-state index in [9.17, 15) is 17.6 Å². The first-order chi connectivity index (χ1) is 23.5. The molecule has 0 saturated carbocycles. The summed E-state index contributed by atoms with van der Waals surface area (Å²) < 4.78 is 50.3. The highest BCUT2D eigenvalue weighted by atomic mass is 32.2. The summed E-state index contributed by atoms with van der Waals surface area (Å²) in [6.45, 7) is 16.0. The van der Waals surface area contributed by atoms with Gasteiger partial charge in [-0.3, -0.25) is 9.69 Å². The Labute approximate surface area is 290 Å². The average Bonchev–Trinajstić information content (AvgIpc) is 3.36. The van der Waals surface area contributed by atoms with Crippen LogP contribution in [0.5, 0.6) is 11.5 Å². The van der Waals surface area contributed by atoms with Crippen LogP contribution in [0.3, 0.4) is 0 Å². The molecule has 1 aromatic heterocycles. The van der Waals surface area contributed by atoms with Crippen LogP contribution in [0.25, 0.3) is 0 Å². The van der Waals surface area contributed by atoms with Crippen molar-refractivity contribution >= 4 is 21.9 Å². The highest BCUT2D eigenvalue weighted by Gasteiger charge is 2.46. The fourth-order valence-electron chi connectivity index (χ4n) is 7.66. The van der Waals surface area contributed by atoms with Crippen LogP contribution in [0, 0.1) is 11.2 Å². The maximum Gasteiger partial charge on any atom is 0.282 e. The molecular formula is C35H51FN8O4S. The minimum atomic E-state index is -3.43. The highest BCUT2D eigenvalue weighted by Crippen LogP contribution is 2.45. The van der Waals surface area contributed by atoms with E-state index in [0.717, 1.165) is 65.0 Å². The van der Waals surface area contributed by atoms with E-state index in [0.29, 0.717) is 44.3 Å². The van der Waals surface area contributed by atoms with E-state index in [1.54, 1.807) is 19.7 Å². The molecule has 4 aliphatic heterocycles. The molecule has 2 aromatic rings. The van der Waals surface area contributed by atoms with Crippen molar-refractivity contribution in [1.29, 1.82) is 0 Å². The molecule has 3 fully saturated rings. The second-order valence-electron chi connectivity index (χ2n) is 14.5. The molecule has 6 rings (SSSR count). The third-order valence-electron chi connectivity index (χ3n) is 10.3. The van der Waals surface area contributed by atoms with Gasteiger partial charge in [0.05, 0.1) is 11.8 Å². The fraction of sp³-hybridized carbons (Fsp3) is 0.629. The number of piperidine rings is 1. The van der Waals surface area contributed by atoms with E-state index in [-0.39, 0.29) is 34.7 Å². The lowest BCUT2D eigenvalue weighted by atomic mass is 9.72. The van der Waals surface area contributed by atoms with Crippen molar-refractivity contribution in [3.8, 4) is 11.5 Å². The number of rotatable bonds is 10. The maximum atomic E-state index is 14.4. The van der Waals surface area contributed by atoms with Crippen LogP contribution in [-0.2, 0) is 10.2 Å². The Morgan fingerprint density at radius 1 is 1.02 bits per heavy atom. The molecule has 268 valence electrons. The molecule has 14 heteroatoms. The third-order valence-corrected chi connectivity index (χ3v) is 12.3. The van der Waals surface area contributed by atoms with Gasteiger partial charge in [0.1, 0.15) is 17.9 Å². The largest absolute Gasteiger partial charge is 0.451 e. The lowest BCUT2D eigenvalue weighted by molar-refractivity contribution is 0.0640. The van der Waals surface area contributed by atoms with E-state index in [1.807, 2.05) is 27.7 Å². The molecule has 3 saturated heterocycles. The summed E-state index contributed by atoms with van der Waals surface area (Å²) in [6.07, 6.45) is 8.97. The van der Waals surface area contributed by atoms with Crippen molar-refractivity contribution in [2.24, 2.45) is 5.41 Å². The molecule has 12 nitrogen and oxygen atoms in total. The first-order valence-electron chi connectivity index (χ1n) is 17.7. The van der Waals surface area contributed by atoms with E-state index in [4.69, 9.17) is 4.74 Å². The number of hydrogen-bond donors (Lipinski definition) is 1. The lowest BCUT2D eigenvalue weighted by Gasteiger charge is -2.54. The summed E-state index contributed by atoms with van der Waals surface area (Å²) in [5, 5.41) is 3.28. The van der Waals surface area contributed by atoms with Gasteiger partial charge in [0, 0.05) is 69.9 Å². The van der Waals surface area contributed by atoms with Gasteiger partial charge in [-0.2, -0.15) is 17.0 Å². The van der Waals surface area contributed by atoms with Gasteiger partial charge in [0.25, 0.3) is 16.1 Å². The molecular weight excluding hydrogens is 648 g/mol. The zero-order valence-electron chi connectivity index (χ0n) is 29.3. The Balaban J connectivity index is 1.04. The molecule has 0 bridgehead atoms. The van der Waals surface area contributed by atoms with E-state index < -0.39 is 16.0 Å². The number of benzene rings is 1. The van der Waals surface area contributed by atoms with Gasteiger partial charge in [-0.05, 0) is 91.2 Å². The second kappa shape index (κ2) is 15.0. The van der Waals surface area contributed by atoms with E-state index >= 15 is 0 Å². The fourth-order valence-corrected chi connectivity index (χ4v) is 9.26. The number of nitrogens with zero attached hydrogens (tertiary/aromatic N) is 7. The van der Waals surface area contributed by atoms with Gasteiger partial charge in [-0.15, -0.1) is 0 Å². The molecule has 0 atom stereocenters. The van der Waals surface area contributed by atoms with Gasteiger partial charge in [-0.1, -0.05) is 11.6 Å². The number of anilines is 1. The average molecular weight is 699 g/mol. The zero-order valence-corrected chi connectivity index (χ0v) is 30.1. The molecule has 5 heterocycles. The van der Waals surface area contributed by atoms with Crippen LogP contribution in [0.4, 0.5) is 10.2 Å². The number of halogens is 1. The van der Waals surface area contributed by atoms with Crippen LogP contribution >= 0.6 is 0 Å². The van der Waals surface area contributed by atoms with Gasteiger partial charge in [0.2, 0.25) is 0 Å². The third kappa shape index (κ3) is 7.93. The molecule has 1 N–H and O–H groups in total. The van der Waals surface area contributed by atoms with E-state index in [1.165, 1.54) is 30.1 Å². The number of aromatic nitrogens is 2. The smallest absolute Gasteiger partial charge is 0.282 e. The Bertz CT molecular complexity index is 1600. The summed E-state index contributed by atoms with van der Waals surface area (Å²) in [6, 6.07) is 3.90. The second-order valence-corrected chi connectivity index (χ2v) is 16.4. The van der Waals surface area contributed by atoms with Crippen molar-refractivity contribution in [3.05, 3.63) is 53.8 Å². The number of likely N-dealkylation sites (tertiary alicyclic amines) is 1. The normalized spacial score (nSPS) is 21.0. The van der Waals surface area contributed by atoms with Crippen LogP contribution in [0.2, 0.25) is 0 Å². The van der Waals surface area contributed by atoms with Crippen molar-refractivity contribution in [2.75, 3.05) is 76.9 Å². The molecule has 1 amide bonds. The highest BCUT2D eigenvalue weighted by molar-refractivity contribution is 7.86. The maximum absolute atomic E-state index is 14.4. The minimum Gasteiger partial charge on any atom is -0.451 e. The molecule has 1 aromatic carbocycles. The molecule has 0 unspecified atom stereocenters. The number of carbonyl (C=O) groups excluding carboxylic acids is 1. The SMILES string of the molecule is CC(C)N(C(=O)c1cc(F)ccc1Oc1cncnc1N1CC2(CCN(CC3=CCN(S(=O)(=O)N4CCCNCC4)CC3)CC2)C1)C(C)C. The number of ether oxygens (including phenoxy) is 1. The summed E-state index contributed by atoms with van der Waals surface area (Å²) in [5.74, 6) is 0.584. The van der Waals surface area contributed by atoms with Crippen molar-refractivity contribution < 1.29 is 22.3 Å². The monoisotopic (exact) mass is 698 g/mol. The van der Waals surface area contributed by atoms with Crippen LogP contribution < -0.4 is 15.0 Å². The van der Waals surface area contributed by atoms with Crippen LogP contribution in [-0.4, -0.2) is 127 Å². The van der Waals surface area contributed by atoms with Crippen molar-refractivity contribution in [1.82, 2.24) is 33.7 Å². The number of hydrogen-bond acceptors (Lipinski definition) is 9. The minimum absolute atomic E-state index is 0.0661. The number of carbonyl (C=O) groups is 1. The molecule has 0 radical (unpaired) electrons. The standard InChI is InChI=1S/C35H51FN8O4S/c1-26(2)44(27(3)4)34(45)30-20-29(36)6-7-31(30)48-32-21-38-25-39-33(32)41-23-35(24-41)10-17-40(18-11-35)22-28-8-15-43(16-9-28)49(46,47)42-14-5-12-37-13-19-42/h6-8,20-21,25-27,37H,5,9-19,22-24H2,1-4H3. The lowest BCUT2D eigenvalue weighted by Crippen LogP contribution is -2.60. The van der Waals surface area contributed by atoms with Gasteiger partial charge in [-0.25, -0.2) is 14.4 Å². The first-order valence-corrected chi connectivity index (χ1v) is 19.1. The Morgan fingerprint density at radius 3 is 2.47 bits per heavy atom. The quantitative estimate of drug-likeness (QED) is 0.371. The topological polar surface area (TPSA) is 114 Å². The number of amides is 1. The van der Waals surface area contributed by atoms with Crippen molar-refractivity contribution in [2.45, 2.75) is 65.5 Å². The van der Waals surface area contributed by atoms with Crippen molar-refractivity contribution in [3.63, 3.8) is 0 Å². The summed E-state index contributed by atoms with van der Waals surface area (Å²) >= 11 is 0. The van der Waals surface area contributed by atoms with Crippen LogP contribution in [0.15, 0.2) is 42.4 Å². The molecule has 4 aliphatic rings. The van der Waals surface area contributed by atoms with Gasteiger partial charge < -0.3 is 19.9 Å². The summed E-state index contributed by atoms with van der Waals surface area (Å²) in [7, 11) is -3.43. The molecule has 1 spiro atoms. The Kier molecular flexibility index (Phi) is 10.9. The van der Waals surface area contributed by atoms with Gasteiger partial charge >= 0.3 is 0 Å². The zero-order chi connectivity index (χ0) is 34.8. The van der Waals surface area contributed by atoms with Crippen LogP contribution in [0.1, 0.15) is 63.7 Å². The van der Waals surface area contributed by atoms with E-state index in [2.05, 4.69) is 31.2 Å². The number of nitrogens with one attached hydrogen (secondary N) is 1. The van der Waals surface area contributed by atoms with Gasteiger partial charge in [0.15, 0.2) is 11.6 Å². The Hall–Kier alpha value is -3.17. The predicted octanol–water partition coefficient (Wildman–Crippen LogP) is 3.74.